The molecule has 0 radical (unpaired) electrons. The molecule has 0 bridgehead atoms. The predicted octanol–water partition coefficient (Wildman–Crippen LogP) is -3.41. The molecule has 1 saturated heterocycles. The largest absolute Gasteiger partial charge is 0.412 e. The Bertz CT molecular complexity index is 118. The fourth-order valence-corrected chi connectivity index (χ4v) is 0.880. The summed E-state index contributed by atoms with van der Waals surface area (Å²) in [7, 11) is 0. The lowest BCUT2D eigenvalue weighted by Crippen LogP contribution is -2.33. The molecule has 11 heavy (non-hydrogen) atoms. The second kappa shape index (κ2) is 3.96. The molecule has 0 aromatic heterocycles. The van der Waals surface area contributed by atoms with Gasteiger partial charge in [0, 0.05) is 0 Å². The summed E-state index contributed by atoms with van der Waals surface area (Å²) in [5, 5.41) is 35.0. The summed E-state index contributed by atoms with van der Waals surface area (Å²) < 4.78 is 4.54. The number of ether oxygens (including phenoxy) is 1. The summed E-state index contributed by atoms with van der Waals surface area (Å²) in [6.07, 6.45) is -4.76. The van der Waals surface area contributed by atoms with Crippen molar-refractivity contribution in [1.82, 2.24) is 0 Å². The van der Waals surface area contributed by atoms with Gasteiger partial charge in [0.1, 0.15) is 18.3 Å². The lowest BCUT2D eigenvalue weighted by Gasteiger charge is -2.09. The van der Waals surface area contributed by atoms with Crippen LogP contribution in [0.2, 0.25) is 0 Å². The van der Waals surface area contributed by atoms with E-state index >= 15 is 0 Å². The smallest absolute Gasteiger partial charge is 0.184 e. The highest BCUT2D eigenvalue weighted by Gasteiger charge is 2.41. The van der Waals surface area contributed by atoms with Crippen LogP contribution in [0.4, 0.5) is 0 Å². The van der Waals surface area contributed by atoms with Gasteiger partial charge in [0.2, 0.25) is 0 Å². The van der Waals surface area contributed by atoms with Crippen molar-refractivity contribution in [2.24, 2.45) is 0 Å². The third-order valence-electron chi connectivity index (χ3n) is 1.52. The van der Waals surface area contributed by atoms with Crippen molar-refractivity contribution < 1.29 is 30.6 Å². The Morgan fingerprint density at radius 3 is 1.82 bits per heavy atom. The van der Waals surface area contributed by atoms with Crippen LogP contribution >= 0.6 is 0 Å². The van der Waals surface area contributed by atoms with Gasteiger partial charge in [-0.25, -0.2) is 0 Å². The molecule has 4 atom stereocenters. The van der Waals surface area contributed by atoms with E-state index in [2.05, 4.69) is 4.74 Å². The molecule has 6 N–H and O–H groups in total. The van der Waals surface area contributed by atoms with Gasteiger partial charge in [0.15, 0.2) is 6.29 Å². The predicted molar refractivity (Wildman–Crippen MR) is 33.6 cm³/mol. The highest BCUT2D eigenvalue weighted by molar-refractivity contribution is 4.84. The van der Waals surface area contributed by atoms with E-state index in [0.717, 1.165) is 0 Å². The van der Waals surface area contributed by atoms with Crippen LogP contribution in [0.1, 0.15) is 0 Å². The lowest BCUT2D eigenvalue weighted by atomic mass is 10.1. The van der Waals surface area contributed by atoms with E-state index < -0.39 is 31.2 Å². The number of aliphatic hydroxyl groups excluding tert-OH is 4. The van der Waals surface area contributed by atoms with Crippen LogP contribution < -0.4 is 0 Å². The fourth-order valence-electron chi connectivity index (χ4n) is 0.880. The highest BCUT2D eigenvalue weighted by Crippen LogP contribution is 2.18. The molecular weight excluding hydrogens is 156 g/mol. The van der Waals surface area contributed by atoms with Crippen LogP contribution in [0.25, 0.3) is 0 Å². The summed E-state index contributed by atoms with van der Waals surface area (Å²) in [6.45, 7) is -0.407. The van der Waals surface area contributed by atoms with E-state index in [1.54, 1.807) is 0 Å². The first-order valence-electron chi connectivity index (χ1n) is 2.97. The van der Waals surface area contributed by atoms with Gasteiger partial charge in [-0.2, -0.15) is 0 Å². The van der Waals surface area contributed by atoms with Crippen LogP contribution in [0.15, 0.2) is 0 Å². The molecule has 0 spiro atoms. The summed E-state index contributed by atoms with van der Waals surface area (Å²) in [6, 6.07) is 0. The van der Waals surface area contributed by atoms with Crippen LogP contribution in [-0.4, -0.2) is 57.1 Å². The minimum atomic E-state index is -1.38. The van der Waals surface area contributed by atoms with Crippen molar-refractivity contribution in [2.45, 2.75) is 24.6 Å². The van der Waals surface area contributed by atoms with Crippen molar-refractivity contribution in [3.63, 3.8) is 0 Å². The molecule has 0 aliphatic carbocycles. The molecule has 1 fully saturated rings. The maximum atomic E-state index is 8.93. The van der Waals surface area contributed by atoms with Gasteiger partial charge in [0.05, 0.1) is 6.61 Å². The van der Waals surface area contributed by atoms with Crippen LogP contribution in [-0.2, 0) is 4.74 Å². The molecule has 0 aromatic carbocycles. The molecule has 1 aliphatic heterocycles. The first-order valence-corrected chi connectivity index (χ1v) is 2.97. The average Bonchev–Trinajstić information content (AvgIpc) is 2.17. The maximum Gasteiger partial charge on any atom is 0.184 e. The van der Waals surface area contributed by atoms with E-state index in [1.807, 2.05) is 0 Å². The molecule has 0 saturated carbocycles. The maximum absolute atomic E-state index is 8.93. The van der Waals surface area contributed by atoms with Crippen LogP contribution in [0.3, 0.4) is 0 Å². The molecule has 68 valence electrons. The van der Waals surface area contributed by atoms with E-state index in [4.69, 9.17) is 20.4 Å². The van der Waals surface area contributed by atoms with Gasteiger partial charge in [-0.15, -0.1) is 0 Å². The minimum Gasteiger partial charge on any atom is -0.412 e. The normalized spacial score (nSPS) is 43.6. The molecule has 1 heterocycles. The monoisotopic (exact) mass is 168 g/mol. The average molecular weight is 168 g/mol. The van der Waals surface area contributed by atoms with Crippen molar-refractivity contribution in [3.05, 3.63) is 0 Å². The zero-order valence-corrected chi connectivity index (χ0v) is 5.71. The first kappa shape index (κ1) is 10.8. The Morgan fingerprint density at radius 2 is 1.64 bits per heavy atom. The number of hydrogen-bond donors (Lipinski definition) is 4. The number of rotatable bonds is 1. The second-order valence-electron chi connectivity index (χ2n) is 2.23. The van der Waals surface area contributed by atoms with E-state index in [-0.39, 0.29) is 5.48 Å². The Morgan fingerprint density at radius 1 is 1.09 bits per heavy atom. The van der Waals surface area contributed by atoms with Crippen molar-refractivity contribution in [1.29, 1.82) is 0 Å². The molecule has 1 rings (SSSR count). The highest BCUT2D eigenvalue weighted by atomic mass is 16.6. The Kier molecular flexibility index (Phi) is 3.87. The van der Waals surface area contributed by atoms with E-state index in [9.17, 15) is 0 Å². The van der Waals surface area contributed by atoms with Gasteiger partial charge in [0.25, 0.3) is 0 Å². The van der Waals surface area contributed by atoms with Crippen LogP contribution in [0, 0.1) is 0 Å². The molecule has 0 amide bonds. The molecular formula is C5H12O6. The van der Waals surface area contributed by atoms with Crippen molar-refractivity contribution in [2.75, 3.05) is 6.61 Å². The standard InChI is InChI=1S/C5H10O5.H2O/c6-1-2-3(7)4(8)5(9)10-2;/h2-9H,1H2;1H2/t2-,3-,4+,5?;/m1./s1. The number of aliphatic hydroxyl groups is 4. The fraction of sp³-hybridized carbons (Fsp3) is 1.00. The quantitative estimate of drug-likeness (QED) is 0.325. The first-order chi connectivity index (χ1) is 4.66. The Labute approximate surface area is 63.0 Å². The summed E-state index contributed by atoms with van der Waals surface area (Å²) in [4.78, 5) is 0. The molecule has 1 aliphatic rings. The Hall–Kier alpha value is -0.240. The van der Waals surface area contributed by atoms with Crippen LogP contribution in [0.5, 0.6) is 0 Å². The van der Waals surface area contributed by atoms with Crippen molar-refractivity contribution in [3.8, 4) is 0 Å². The van der Waals surface area contributed by atoms with E-state index in [1.165, 1.54) is 0 Å². The van der Waals surface area contributed by atoms with E-state index in [0.29, 0.717) is 0 Å². The molecule has 6 heteroatoms. The van der Waals surface area contributed by atoms with Gasteiger partial charge in [-0.1, -0.05) is 0 Å². The van der Waals surface area contributed by atoms with Crippen molar-refractivity contribution >= 4 is 0 Å². The lowest BCUT2D eigenvalue weighted by molar-refractivity contribution is -0.132. The summed E-state index contributed by atoms with van der Waals surface area (Å²) in [5.74, 6) is 0. The SMILES string of the molecule is O.OC[C@H]1OC(O)[C@@H](O)[C@@H]1O. The molecule has 0 aromatic rings. The Balaban J connectivity index is 0.000001000. The third-order valence-corrected chi connectivity index (χ3v) is 1.52. The second-order valence-corrected chi connectivity index (χ2v) is 2.23. The van der Waals surface area contributed by atoms with Gasteiger partial charge in [-0.3, -0.25) is 0 Å². The zero-order valence-electron chi connectivity index (χ0n) is 5.71. The van der Waals surface area contributed by atoms with Gasteiger partial charge >= 0.3 is 0 Å². The zero-order chi connectivity index (χ0) is 7.72. The molecule has 1 unspecified atom stereocenters. The number of hydrogen-bond acceptors (Lipinski definition) is 5. The topological polar surface area (TPSA) is 122 Å². The third kappa shape index (κ3) is 1.86. The minimum absolute atomic E-state index is 0. The van der Waals surface area contributed by atoms with Gasteiger partial charge in [-0.05, 0) is 0 Å². The van der Waals surface area contributed by atoms with Gasteiger partial charge < -0.3 is 30.6 Å². The molecule has 6 nitrogen and oxygen atoms in total. The summed E-state index contributed by atoms with van der Waals surface area (Å²) in [5.41, 5.74) is 0. The summed E-state index contributed by atoms with van der Waals surface area (Å²) >= 11 is 0.